The highest BCUT2D eigenvalue weighted by atomic mass is 28.4. The van der Waals surface area contributed by atoms with Crippen LogP contribution in [0.3, 0.4) is 0 Å². The minimum atomic E-state index is -1.87. The third kappa shape index (κ3) is 2.34. The number of nitrogens with zero attached hydrogens (tertiary/aromatic N) is 1. The van der Waals surface area contributed by atoms with E-state index in [9.17, 15) is 4.79 Å². The van der Waals surface area contributed by atoms with E-state index in [2.05, 4.69) is 52.0 Å². The van der Waals surface area contributed by atoms with E-state index in [1.807, 2.05) is 6.08 Å². The van der Waals surface area contributed by atoms with Gasteiger partial charge in [-0.25, -0.2) is 0 Å². The summed E-state index contributed by atoms with van der Waals surface area (Å²) in [6, 6.07) is 0. The molecule has 3 aliphatic heterocycles. The molecule has 0 amide bonds. The van der Waals surface area contributed by atoms with Crippen molar-refractivity contribution in [3.8, 4) is 0 Å². The molecule has 2 spiro atoms. The Labute approximate surface area is 186 Å². The zero-order valence-corrected chi connectivity index (χ0v) is 20.7. The van der Waals surface area contributed by atoms with Crippen LogP contribution in [0.1, 0.15) is 59.8 Å². The number of carbonyl (C=O) groups is 1. The Morgan fingerprint density at radius 3 is 2.74 bits per heavy atom. The van der Waals surface area contributed by atoms with Gasteiger partial charge in [-0.2, -0.15) is 0 Å². The van der Waals surface area contributed by atoms with Gasteiger partial charge in [-0.05, 0) is 62.4 Å². The van der Waals surface area contributed by atoms with E-state index in [0.29, 0.717) is 5.92 Å². The summed E-state index contributed by atoms with van der Waals surface area (Å²) >= 11 is 0. The lowest BCUT2D eigenvalue weighted by molar-refractivity contribution is -0.160. The topological polar surface area (TPSA) is 57.1 Å². The van der Waals surface area contributed by atoms with E-state index >= 15 is 0 Å². The van der Waals surface area contributed by atoms with Crippen molar-refractivity contribution in [2.75, 3.05) is 0 Å². The summed E-state index contributed by atoms with van der Waals surface area (Å²) in [5.74, 6) is 0.335. The number of fused-ring (bicyclic) bond motifs is 2. The smallest absolute Gasteiger partial charge is 0.200 e. The first-order valence-corrected chi connectivity index (χ1v) is 14.9. The lowest BCUT2D eigenvalue weighted by Crippen LogP contribution is -2.62. The van der Waals surface area contributed by atoms with Crippen LogP contribution in [0, 0.1) is 17.3 Å². The lowest BCUT2D eigenvalue weighted by Gasteiger charge is -2.55. The Hall–Kier alpha value is -1.24. The van der Waals surface area contributed by atoms with Crippen molar-refractivity contribution in [1.29, 1.82) is 0 Å². The zero-order chi connectivity index (χ0) is 22.0. The van der Waals surface area contributed by atoms with Crippen LogP contribution < -0.4 is 0 Å². The van der Waals surface area contributed by atoms with Gasteiger partial charge in [0, 0.05) is 16.9 Å². The molecule has 6 rings (SSSR count). The Balaban J connectivity index is 1.40. The van der Waals surface area contributed by atoms with Crippen molar-refractivity contribution >= 4 is 19.8 Å². The monoisotopic (exact) mass is 441 g/mol. The minimum absolute atomic E-state index is 0.0160. The Bertz CT molecular complexity index is 961. The summed E-state index contributed by atoms with van der Waals surface area (Å²) in [6.45, 7) is 14.1. The maximum absolute atomic E-state index is 12.5. The van der Waals surface area contributed by atoms with Crippen molar-refractivity contribution in [2.45, 2.75) is 101 Å². The van der Waals surface area contributed by atoms with Crippen molar-refractivity contribution in [1.82, 2.24) is 0 Å². The first-order valence-electron chi connectivity index (χ1n) is 12.0. The first-order chi connectivity index (χ1) is 14.4. The fourth-order valence-corrected chi connectivity index (χ4v) is 8.73. The van der Waals surface area contributed by atoms with Gasteiger partial charge < -0.3 is 14.0 Å². The molecule has 31 heavy (non-hydrogen) atoms. The Morgan fingerprint density at radius 1 is 1.23 bits per heavy atom. The van der Waals surface area contributed by atoms with E-state index in [0.717, 1.165) is 37.8 Å². The van der Waals surface area contributed by atoms with Gasteiger partial charge in [0.05, 0.1) is 23.3 Å². The van der Waals surface area contributed by atoms with Crippen LogP contribution >= 0.6 is 0 Å². The quantitative estimate of drug-likeness (QED) is 0.570. The molecule has 2 bridgehead atoms. The molecule has 1 saturated carbocycles. The van der Waals surface area contributed by atoms with Gasteiger partial charge in [-0.3, -0.25) is 4.79 Å². The summed E-state index contributed by atoms with van der Waals surface area (Å²) in [5.41, 5.74) is 1.50. The second-order valence-corrected chi connectivity index (χ2v) is 17.2. The molecule has 3 aliphatic carbocycles. The number of hydrogen-bond acceptors (Lipinski definition) is 5. The van der Waals surface area contributed by atoms with Crippen LogP contribution in [0.5, 0.6) is 0 Å². The molecule has 3 fully saturated rings. The van der Waals surface area contributed by atoms with Crippen LogP contribution in [0.15, 0.2) is 29.0 Å². The molecule has 1 unspecified atom stereocenters. The molecule has 3 heterocycles. The molecular weight excluding hydrogens is 406 g/mol. The molecule has 0 aromatic carbocycles. The van der Waals surface area contributed by atoms with Crippen LogP contribution in [0.2, 0.25) is 18.1 Å². The van der Waals surface area contributed by atoms with Gasteiger partial charge in [-0.15, -0.1) is 0 Å². The number of hydrogen-bond donors (Lipinski definition) is 0. The predicted octanol–water partition coefficient (Wildman–Crippen LogP) is 4.93. The van der Waals surface area contributed by atoms with E-state index < -0.39 is 20.0 Å². The van der Waals surface area contributed by atoms with Gasteiger partial charge in [0.15, 0.2) is 14.1 Å². The Morgan fingerprint density at radius 2 is 2.00 bits per heavy atom. The van der Waals surface area contributed by atoms with Crippen LogP contribution in [-0.2, 0) is 18.8 Å². The number of ether oxygens (including phenoxy) is 1. The van der Waals surface area contributed by atoms with E-state index in [-0.39, 0.29) is 33.9 Å². The van der Waals surface area contributed by atoms with E-state index in [1.54, 1.807) is 6.08 Å². The summed E-state index contributed by atoms with van der Waals surface area (Å²) in [4.78, 5) is 18.1. The standard InChI is InChI=1S/C25H35NO4Si/c1-22(2,3)31(5,6)29-18-8-7-17-23(18,4)11-9-15-20-19-21(28-26-20)16(27)10-12-24(19)13-14-25(15,17)30-24/h9-10,12,17-19,21H,7-8,11,13-14H2,1-6H3/t17-,18+,19?,21+,23+,24+,25-/m1/s1. The molecule has 0 radical (unpaired) electrons. The van der Waals surface area contributed by atoms with Crippen molar-refractivity contribution in [3.05, 3.63) is 23.8 Å². The number of allylic oxidation sites excluding steroid dienone is 1. The lowest BCUT2D eigenvalue weighted by atomic mass is 9.59. The van der Waals surface area contributed by atoms with Crippen LogP contribution in [0.25, 0.3) is 0 Å². The molecule has 168 valence electrons. The number of ketones is 1. The highest BCUT2D eigenvalue weighted by Crippen LogP contribution is 2.68. The third-order valence-corrected chi connectivity index (χ3v) is 14.5. The van der Waals surface area contributed by atoms with Crippen molar-refractivity contribution in [2.24, 2.45) is 22.4 Å². The normalized spacial score (nSPS) is 47.4. The molecular formula is C25H35NO4Si. The van der Waals surface area contributed by atoms with Crippen molar-refractivity contribution < 1.29 is 18.8 Å². The third-order valence-electron chi connectivity index (χ3n) is 9.99. The molecule has 0 N–H and O–H groups in total. The summed E-state index contributed by atoms with van der Waals surface area (Å²) < 4.78 is 14.2. The van der Waals surface area contributed by atoms with Gasteiger partial charge in [0.25, 0.3) is 0 Å². The molecule has 0 aromatic heterocycles. The second-order valence-electron chi connectivity index (χ2n) is 12.5. The summed E-state index contributed by atoms with van der Waals surface area (Å²) in [5, 5.41) is 4.70. The molecule has 6 heteroatoms. The minimum Gasteiger partial charge on any atom is -0.413 e. The average molecular weight is 442 g/mol. The van der Waals surface area contributed by atoms with Gasteiger partial charge in [0.1, 0.15) is 5.60 Å². The van der Waals surface area contributed by atoms with Gasteiger partial charge >= 0.3 is 0 Å². The molecule has 5 nitrogen and oxygen atoms in total. The maximum atomic E-state index is 12.5. The number of oxime groups is 1. The highest BCUT2D eigenvalue weighted by molar-refractivity contribution is 6.74. The molecule has 0 aromatic rings. The zero-order valence-electron chi connectivity index (χ0n) is 19.7. The Kier molecular flexibility index (Phi) is 3.82. The highest BCUT2D eigenvalue weighted by Gasteiger charge is 2.73. The predicted molar refractivity (Wildman–Crippen MR) is 121 cm³/mol. The summed E-state index contributed by atoms with van der Waals surface area (Å²) in [6.07, 6.45) is 10.9. The fourth-order valence-electron chi connectivity index (χ4n) is 7.28. The second kappa shape index (κ2) is 5.81. The van der Waals surface area contributed by atoms with Crippen molar-refractivity contribution in [3.63, 3.8) is 0 Å². The van der Waals surface area contributed by atoms with E-state index in [1.165, 1.54) is 5.57 Å². The summed E-state index contributed by atoms with van der Waals surface area (Å²) in [7, 11) is -1.87. The van der Waals surface area contributed by atoms with Gasteiger partial charge in [-0.1, -0.05) is 38.9 Å². The van der Waals surface area contributed by atoms with E-state index in [4.69, 9.17) is 14.0 Å². The van der Waals surface area contributed by atoms with Gasteiger partial charge in [0.2, 0.25) is 6.10 Å². The fraction of sp³-hybridized carbons (Fsp3) is 0.760. The van der Waals surface area contributed by atoms with Crippen LogP contribution in [-0.4, -0.2) is 43.2 Å². The number of rotatable bonds is 2. The van der Waals surface area contributed by atoms with Crippen LogP contribution in [0.4, 0.5) is 0 Å². The maximum Gasteiger partial charge on any atom is 0.200 e. The molecule has 7 atom stereocenters. The SMILES string of the molecule is CC(C)(C)[Si](C)(C)O[C@H]1CC[C@@H]2[C@]1(C)CC=C1C3=NO[C@H]4C(=O)C=C[C@]5(CC[C@@]12O5)C34. The molecule has 2 saturated heterocycles. The first kappa shape index (κ1) is 20.4. The number of carbonyl (C=O) groups excluding carboxylic acids is 1. The largest absolute Gasteiger partial charge is 0.413 e. The molecule has 6 aliphatic rings. The average Bonchev–Trinajstić information content (AvgIpc) is 3.34.